The Hall–Kier alpha value is -6.90. The molecule has 1 aliphatic rings. The number of ether oxygens (including phenoxy) is 1. The predicted octanol–water partition coefficient (Wildman–Crippen LogP) is 11.9. The van der Waals surface area contributed by atoms with Crippen molar-refractivity contribution in [2.75, 3.05) is 0 Å². The molecule has 0 spiro atoms. The van der Waals surface area contributed by atoms with Crippen molar-refractivity contribution in [2.45, 2.75) is 0 Å². The zero-order valence-corrected chi connectivity index (χ0v) is 29.5. The second-order valence-corrected chi connectivity index (χ2v) is 14.3. The Bertz CT molecular complexity index is 2900. The largest absolute Gasteiger partial charge is 0.458 e. The first-order valence-corrected chi connectivity index (χ1v) is 18.7. The monoisotopic (exact) mass is 684 g/mol. The minimum Gasteiger partial charge on any atom is -0.458 e. The maximum absolute atomic E-state index is 6.97. The molecule has 250 valence electrons. The maximum Gasteiger partial charge on any atom is 0.251 e. The van der Waals surface area contributed by atoms with Gasteiger partial charge < -0.3 is 4.74 Å². The van der Waals surface area contributed by atoms with E-state index in [9.17, 15) is 0 Å². The number of fused-ring (bicyclic) bond motifs is 3. The molecule has 10 aromatic carbocycles. The summed E-state index contributed by atoms with van der Waals surface area (Å²) in [4.78, 5) is 0. The number of hydrogen-bond acceptors (Lipinski definition) is 1. The molecule has 0 aliphatic carbocycles. The van der Waals surface area contributed by atoms with E-state index in [0.29, 0.717) is 0 Å². The Labute approximate surface area is 315 Å². The van der Waals surface area contributed by atoms with Crippen molar-refractivity contribution < 1.29 is 4.74 Å². The van der Waals surface area contributed by atoms with E-state index >= 15 is 0 Å². The van der Waals surface area contributed by atoms with Crippen molar-refractivity contribution in [2.24, 2.45) is 0 Å². The quantitative estimate of drug-likeness (QED) is 0.130. The smallest absolute Gasteiger partial charge is 0.251 e. The van der Waals surface area contributed by atoms with Crippen molar-refractivity contribution in [1.29, 1.82) is 0 Å². The molecule has 0 bridgehead atoms. The highest BCUT2D eigenvalue weighted by Crippen LogP contribution is 2.49. The van der Waals surface area contributed by atoms with Gasteiger partial charge in [-0.2, -0.15) is 0 Å². The van der Waals surface area contributed by atoms with Gasteiger partial charge in [0.2, 0.25) is 0 Å². The van der Waals surface area contributed by atoms with Gasteiger partial charge in [-0.25, -0.2) is 0 Å². The van der Waals surface area contributed by atoms with Crippen molar-refractivity contribution in [3.05, 3.63) is 200 Å². The van der Waals surface area contributed by atoms with E-state index in [1.807, 2.05) is 0 Å². The molecule has 10 aromatic rings. The number of benzene rings is 10. The van der Waals surface area contributed by atoms with Crippen LogP contribution in [-0.2, 0) is 0 Å². The van der Waals surface area contributed by atoms with Crippen LogP contribution in [0.1, 0.15) is 0 Å². The van der Waals surface area contributed by atoms with Crippen LogP contribution in [0, 0.1) is 0 Å². The van der Waals surface area contributed by atoms with Crippen LogP contribution < -0.4 is 21.1 Å². The highest BCUT2D eigenvalue weighted by atomic mass is 16.5. The SMILES string of the molecule is c1ccc(B2c3ccccc3Oc3c2cc2ccc4c(-c5ccccc5-c5ccccc5)cc(-c5ccccc5-c5ccccc5)c5ccc3c2c45)cc1. The van der Waals surface area contributed by atoms with Gasteiger partial charge in [0.25, 0.3) is 6.71 Å². The molecule has 0 saturated heterocycles. The fourth-order valence-electron chi connectivity index (χ4n) is 9.01. The van der Waals surface area contributed by atoms with Gasteiger partial charge in [0.05, 0.1) is 0 Å². The fraction of sp³-hybridized carbons (Fsp3) is 0. The highest BCUT2D eigenvalue weighted by molar-refractivity contribution is 6.97. The third kappa shape index (κ3) is 4.74. The van der Waals surface area contributed by atoms with Crippen LogP contribution in [0.15, 0.2) is 200 Å². The summed E-state index contributed by atoms with van der Waals surface area (Å²) in [7, 11) is 0. The molecule has 1 aliphatic heterocycles. The molecular weight excluding hydrogens is 651 g/mol. The van der Waals surface area contributed by atoms with Gasteiger partial charge in [-0.1, -0.05) is 187 Å². The molecule has 0 fully saturated rings. The minimum absolute atomic E-state index is 0.0645. The van der Waals surface area contributed by atoms with Gasteiger partial charge in [-0.15, -0.1) is 0 Å². The first-order chi connectivity index (χ1) is 26.8. The second kappa shape index (κ2) is 12.4. The Kier molecular flexibility index (Phi) is 7.03. The summed E-state index contributed by atoms with van der Waals surface area (Å²) in [6, 6.07) is 72.8. The van der Waals surface area contributed by atoms with Crippen LogP contribution in [0.3, 0.4) is 0 Å². The van der Waals surface area contributed by atoms with Crippen molar-refractivity contribution in [3.63, 3.8) is 0 Å². The van der Waals surface area contributed by atoms with E-state index < -0.39 is 0 Å². The highest BCUT2D eigenvalue weighted by Gasteiger charge is 2.34. The molecule has 0 aromatic heterocycles. The summed E-state index contributed by atoms with van der Waals surface area (Å²) >= 11 is 0. The summed E-state index contributed by atoms with van der Waals surface area (Å²) in [5, 5.41) is 7.36. The summed E-state index contributed by atoms with van der Waals surface area (Å²) in [6.45, 7) is 0.0645. The standard InChI is InChI=1S/C52H33BO/c1-4-16-34(17-5-1)38-22-10-12-24-40(38)45-33-46(41-25-13-11-23-39(41)35-18-6-2-7-19-35)43-30-31-44-50-36(28-29-42(45)51(43)50)32-48-52(44)54-49-27-15-14-26-47(49)53(48)37-20-8-3-9-21-37/h1-33H. The topological polar surface area (TPSA) is 9.23 Å². The van der Waals surface area contributed by atoms with E-state index in [1.165, 1.54) is 87.8 Å². The molecule has 11 rings (SSSR count). The maximum atomic E-state index is 6.97. The molecule has 0 unspecified atom stereocenters. The average Bonchev–Trinajstić information content (AvgIpc) is 3.25. The summed E-state index contributed by atoms with van der Waals surface area (Å²) in [6.07, 6.45) is 0. The molecule has 1 heterocycles. The van der Waals surface area contributed by atoms with Crippen LogP contribution in [0.2, 0.25) is 0 Å². The van der Waals surface area contributed by atoms with Crippen LogP contribution in [0.4, 0.5) is 0 Å². The van der Waals surface area contributed by atoms with Crippen LogP contribution >= 0.6 is 0 Å². The lowest BCUT2D eigenvalue weighted by molar-refractivity contribution is 0.493. The average molecular weight is 685 g/mol. The lowest BCUT2D eigenvalue weighted by Crippen LogP contribution is -2.54. The number of rotatable bonds is 5. The number of para-hydroxylation sites is 1. The first kappa shape index (κ1) is 30.7. The molecule has 0 atom stereocenters. The predicted molar refractivity (Wildman–Crippen MR) is 230 cm³/mol. The second-order valence-electron chi connectivity index (χ2n) is 14.3. The summed E-state index contributed by atoms with van der Waals surface area (Å²) in [5.41, 5.74) is 13.4. The third-order valence-electron chi connectivity index (χ3n) is 11.4. The van der Waals surface area contributed by atoms with Crippen molar-refractivity contribution in [3.8, 4) is 56.0 Å². The van der Waals surface area contributed by atoms with Gasteiger partial charge in [0, 0.05) is 10.8 Å². The Morgan fingerprint density at radius 1 is 0.333 bits per heavy atom. The molecule has 0 N–H and O–H groups in total. The van der Waals surface area contributed by atoms with Crippen molar-refractivity contribution >= 4 is 55.4 Å². The molecule has 0 saturated carbocycles. The zero-order chi connectivity index (χ0) is 35.6. The molecule has 54 heavy (non-hydrogen) atoms. The molecule has 0 amide bonds. The van der Waals surface area contributed by atoms with Crippen LogP contribution in [0.5, 0.6) is 11.5 Å². The Balaban J connectivity index is 1.26. The number of hydrogen-bond donors (Lipinski definition) is 0. The Morgan fingerprint density at radius 3 is 1.46 bits per heavy atom. The lowest BCUT2D eigenvalue weighted by atomic mass is 9.35. The molecule has 0 radical (unpaired) electrons. The molecular formula is C52H33BO. The lowest BCUT2D eigenvalue weighted by Gasteiger charge is -2.29. The molecule has 1 nitrogen and oxygen atoms in total. The summed E-state index contributed by atoms with van der Waals surface area (Å²) in [5.74, 6) is 1.87. The van der Waals surface area contributed by atoms with E-state index in [-0.39, 0.29) is 6.71 Å². The zero-order valence-electron chi connectivity index (χ0n) is 29.5. The summed E-state index contributed by atoms with van der Waals surface area (Å²) < 4.78 is 6.97. The van der Waals surface area contributed by atoms with E-state index in [4.69, 9.17) is 4.74 Å². The van der Waals surface area contributed by atoms with E-state index in [2.05, 4.69) is 200 Å². The minimum atomic E-state index is 0.0645. The fourth-order valence-corrected chi connectivity index (χ4v) is 9.01. The molecule has 2 heteroatoms. The van der Waals surface area contributed by atoms with Gasteiger partial charge in [-0.3, -0.25) is 0 Å². The van der Waals surface area contributed by atoms with Crippen LogP contribution in [-0.4, -0.2) is 6.71 Å². The van der Waals surface area contributed by atoms with Gasteiger partial charge >= 0.3 is 0 Å². The van der Waals surface area contributed by atoms with Gasteiger partial charge in [0.1, 0.15) is 11.5 Å². The van der Waals surface area contributed by atoms with Crippen LogP contribution in [0.25, 0.3) is 76.8 Å². The third-order valence-corrected chi connectivity index (χ3v) is 11.4. The van der Waals surface area contributed by atoms with E-state index in [1.54, 1.807) is 0 Å². The normalized spacial score (nSPS) is 12.2. The van der Waals surface area contributed by atoms with Gasteiger partial charge in [0.15, 0.2) is 0 Å². The van der Waals surface area contributed by atoms with Crippen molar-refractivity contribution in [1.82, 2.24) is 0 Å². The van der Waals surface area contributed by atoms with E-state index in [0.717, 1.165) is 16.9 Å². The Morgan fingerprint density at radius 2 is 0.833 bits per heavy atom. The first-order valence-electron chi connectivity index (χ1n) is 18.7. The van der Waals surface area contributed by atoms with Gasteiger partial charge in [-0.05, 0) is 95.2 Å².